The van der Waals surface area contributed by atoms with Gasteiger partial charge in [-0.05, 0) is 18.9 Å². The minimum atomic E-state index is -1.03. The summed E-state index contributed by atoms with van der Waals surface area (Å²) in [6.07, 6.45) is 1.28. The quantitative estimate of drug-likeness (QED) is 0.476. The summed E-state index contributed by atoms with van der Waals surface area (Å²) in [5.74, 6) is 4.07. The molecular weight excluding hydrogens is 328 g/mol. The van der Waals surface area contributed by atoms with Crippen LogP contribution in [0.1, 0.15) is 17.1 Å². The monoisotopic (exact) mass is 339 g/mol. The Balaban J connectivity index is 1.89. The van der Waals surface area contributed by atoms with Crippen molar-refractivity contribution >= 4 is 27.9 Å². The number of aryl methyl sites for hydroxylation is 2. The predicted octanol–water partition coefficient (Wildman–Crippen LogP) is 1.81. The second kappa shape index (κ2) is 5.24. The first-order valence-corrected chi connectivity index (χ1v) is 7.25. The topological polar surface area (TPSA) is 98.3 Å². The van der Waals surface area contributed by atoms with E-state index in [0.29, 0.717) is 28.1 Å². The summed E-state index contributed by atoms with van der Waals surface area (Å²) in [5, 5.41) is 7.06. The Bertz CT molecular complexity index is 1210. The van der Waals surface area contributed by atoms with E-state index < -0.39 is 11.6 Å². The molecule has 0 saturated heterocycles. The van der Waals surface area contributed by atoms with Gasteiger partial charge in [-0.25, -0.2) is 23.7 Å². The van der Waals surface area contributed by atoms with E-state index in [2.05, 4.69) is 37.0 Å². The van der Waals surface area contributed by atoms with Crippen LogP contribution in [-0.2, 0) is 7.05 Å². The van der Waals surface area contributed by atoms with Gasteiger partial charge in [0.25, 0.3) is 0 Å². The molecule has 7 nitrogen and oxygen atoms in total. The zero-order valence-electron chi connectivity index (χ0n) is 13.2. The number of nitrogens with two attached hydrogens (primary N) is 1. The normalized spacial score (nSPS) is 11.0. The molecule has 0 aliphatic rings. The van der Waals surface area contributed by atoms with Crippen molar-refractivity contribution in [3.05, 3.63) is 41.1 Å². The molecule has 3 aromatic heterocycles. The van der Waals surface area contributed by atoms with E-state index in [1.54, 1.807) is 14.0 Å². The van der Waals surface area contributed by atoms with Gasteiger partial charge in [-0.1, -0.05) is 5.92 Å². The third kappa shape index (κ3) is 2.19. The molecule has 0 fully saturated rings. The highest BCUT2D eigenvalue weighted by Gasteiger charge is 2.17. The fourth-order valence-corrected chi connectivity index (χ4v) is 2.61. The molecule has 0 aliphatic carbocycles. The number of benzene rings is 1. The Morgan fingerprint density at radius 2 is 2.00 bits per heavy atom. The molecule has 3 N–H and O–H groups in total. The van der Waals surface area contributed by atoms with E-state index in [4.69, 9.17) is 5.73 Å². The first-order valence-electron chi connectivity index (χ1n) is 7.25. The number of nitrogens with zero attached hydrogens (tertiary/aromatic N) is 5. The molecule has 0 aliphatic heterocycles. The van der Waals surface area contributed by atoms with Crippen LogP contribution in [0.3, 0.4) is 0 Å². The van der Waals surface area contributed by atoms with Gasteiger partial charge in [-0.2, -0.15) is 5.10 Å². The molecule has 0 saturated carbocycles. The Labute approximate surface area is 139 Å². The maximum Gasteiger partial charge on any atom is 0.187 e. The van der Waals surface area contributed by atoms with E-state index in [1.165, 1.54) is 17.0 Å². The second-order valence-corrected chi connectivity index (χ2v) is 5.44. The van der Waals surface area contributed by atoms with E-state index in [9.17, 15) is 8.78 Å². The first kappa shape index (κ1) is 15.0. The number of anilines is 1. The average Bonchev–Trinajstić information content (AvgIpc) is 3.12. The van der Waals surface area contributed by atoms with Crippen LogP contribution in [0.25, 0.3) is 22.1 Å². The summed E-state index contributed by atoms with van der Waals surface area (Å²) >= 11 is 0. The molecule has 0 bridgehead atoms. The Morgan fingerprint density at radius 3 is 2.80 bits per heavy atom. The van der Waals surface area contributed by atoms with Crippen LogP contribution in [0, 0.1) is 30.4 Å². The molecule has 0 radical (unpaired) electrons. The van der Waals surface area contributed by atoms with E-state index in [-0.39, 0.29) is 16.9 Å². The van der Waals surface area contributed by atoms with Gasteiger partial charge in [-0.3, -0.25) is 5.10 Å². The molecule has 9 heteroatoms. The summed E-state index contributed by atoms with van der Waals surface area (Å²) in [4.78, 5) is 12.0. The molecule has 4 aromatic rings. The number of imidazole rings is 1. The molecule has 4 rings (SSSR count). The van der Waals surface area contributed by atoms with Crippen molar-refractivity contribution in [1.82, 2.24) is 29.7 Å². The number of hydrogen-bond acceptors (Lipinski definition) is 5. The summed E-state index contributed by atoms with van der Waals surface area (Å²) in [7, 11) is 1.62. The lowest BCUT2D eigenvalue weighted by Crippen LogP contribution is -1.97. The van der Waals surface area contributed by atoms with Crippen molar-refractivity contribution in [3.8, 4) is 11.8 Å². The van der Waals surface area contributed by atoms with Gasteiger partial charge in [-0.15, -0.1) is 0 Å². The second-order valence-electron chi connectivity index (χ2n) is 5.44. The zero-order valence-corrected chi connectivity index (χ0v) is 13.2. The highest BCUT2D eigenvalue weighted by atomic mass is 19.2. The molecule has 25 heavy (non-hydrogen) atoms. The van der Waals surface area contributed by atoms with Crippen LogP contribution in [0.5, 0.6) is 0 Å². The zero-order chi connectivity index (χ0) is 17.7. The highest BCUT2D eigenvalue weighted by Crippen LogP contribution is 2.24. The van der Waals surface area contributed by atoms with Crippen LogP contribution < -0.4 is 5.73 Å². The van der Waals surface area contributed by atoms with Crippen molar-refractivity contribution < 1.29 is 8.78 Å². The number of nitrogen functional groups attached to an aromatic ring is 1. The van der Waals surface area contributed by atoms with Crippen LogP contribution in [0.15, 0.2) is 12.4 Å². The minimum Gasteiger partial charge on any atom is -0.383 e. The smallest absolute Gasteiger partial charge is 0.187 e. The number of halogens is 2. The largest absolute Gasteiger partial charge is 0.383 e. The summed E-state index contributed by atoms with van der Waals surface area (Å²) < 4.78 is 30.2. The molecule has 0 unspecified atom stereocenters. The lowest BCUT2D eigenvalue weighted by atomic mass is 10.1. The van der Waals surface area contributed by atoms with Crippen molar-refractivity contribution in [2.45, 2.75) is 6.92 Å². The summed E-state index contributed by atoms with van der Waals surface area (Å²) in [6, 6.07) is 1.41. The molecule has 0 spiro atoms. The molecule has 0 atom stereocenters. The van der Waals surface area contributed by atoms with Gasteiger partial charge < -0.3 is 10.3 Å². The number of fused-ring (bicyclic) bond motifs is 2. The van der Waals surface area contributed by atoms with Crippen LogP contribution in [0.2, 0.25) is 0 Å². The molecule has 1 aromatic carbocycles. The van der Waals surface area contributed by atoms with Crippen molar-refractivity contribution in [1.29, 1.82) is 0 Å². The molecular formula is C16H11F2N7. The number of H-pyrrole nitrogens is 1. The maximum atomic E-state index is 14.4. The third-order valence-corrected chi connectivity index (χ3v) is 3.97. The first-order chi connectivity index (χ1) is 12.0. The van der Waals surface area contributed by atoms with E-state index >= 15 is 0 Å². The van der Waals surface area contributed by atoms with Gasteiger partial charge in [0.2, 0.25) is 0 Å². The summed E-state index contributed by atoms with van der Waals surface area (Å²) in [5.41, 5.74) is 6.79. The van der Waals surface area contributed by atoms with E-state index in [1.807, 2.05) is 0 Å². The number of rotatable bonds is 0. The Hall–Kier alpha value is -3.54. The van der Waals surface area contributed by atoms with Crippen molar-refractivity contribution in [3.63, 3.8) is 0 Å². The van der Waals surface area contributed by atoms with Crippen LogP contribution >= 0.6 is 0 Å². The molecule has 0 amide bonds. The van der Waals surface area contributed by atoms with Gasteiger partial charge in [0.1, 0.15) is 29.2 Å². The standard InChI is InChI=1S/C16H11F2N7/c1-7-22-10-5-8(12(17)13(18)14(10)25(7)2)3-4-9-11-15(19)20-6-21-16(11)24-23-9/h5-6H,1-2H3,(H3,19,20,21,23,24). The number of nitrogens with one attached hydrogen (secondary N) is 1. The van der Waals surface area contributed by atoms with Gasteiger partial charge in [0.05, 0.1) is 16.5 Å². The summed E-state index contributed by atoms with van der Waals surface area (Å²) in [6.45, 7) is 1.71. The number of aromatic nitrogens is 6. The van der Waals surface area contributed by atoms with Gasteiger partial charge in [0, 0.05) is 7.05 Å². The van der Waals surface area contributed by atoms with Crippen LogP contribution in [0.4, 0.5) is 14.6 Å². The lowest BCUT2D eigenvalue weighted by molar-refractivity contribution is 0.511. The van der Waals surface area contributed by atoms with Crippen molar-refractivity contribution in [2.24, 2.45) is 7.05 Å². The fraction of sp³-hybridized carbons (Fsp3) is 0.125. The molecule has 124 valence electrons. The highest BCUT2D eigenvalue weighted by molar-refractivity contribution is 5.90. The van der Waals surface area contributed by atoms with Crippen molar-refractivity contribution in [2.75, 3.05) is 5.73 Å². The Morgan fingerprint density at radius 1 is 1.20 bits per heavy atom. The van der Waals surface area contributed by atoms with Gasteiger partial charge >= 0.3 is 0 Å². The van der Waals surface area contributed by atoms with Crippen LogP contribution in [-0.4, -0.2) is 29.7 Å². The molecule has 3 heterocycles. The lowest BCUT2D eigenvalue weighted by Gasteiger charge is -2.01. The SMILES string of the molecule is Cc1nc2cc(C#Cc3[nH]nc4ncnc(N)c34)c(F)c(F)c2n1C. The van der Waals surface area contributed by atoms with E-state index in [0.717, 1.165) is 0 Å². The number of aromatic amines is 1. The maximum absolute atomic E-state index is 14.4. The number of hydrogen-bond donors (Lipinski definition) is 2. The predicted molar refractivity (Wildman–Crippen MR) is 87.4 cm³/mol. The minimum absolute atomic E-state index is 0.102. The third-order valence-electron chi connectivity index (χ3n) is 3.97. The van der Waals surface area contributed by atoms with Gasteiger partial charge in [0.15, 0.2) is 17.3 Å². The Kier molecular flexibility index (Phi) is 3.15. The fourth-order valence-electron chi connectivity index (χ4n) is 2.61. The average molecular weight is 339 g/mol.